The van der Waals surface area contributed by atoms with Crippen LogP contribution in [0.1, 0.15) is 41.6 Å². The van der Waals surface area contributed by atoms with Crippen molar-refractivity contribution in [3.63, 3.8) is 0 Å². The quantitative estimate of drug-likeness (QED) is 0.212. The van der Waals surface area contributed by atoms with Crippen molar-refractivity contribution in [2.75, 3.05) is 0 Å². The number of carboxylic acid groups (broad SMARTS) is 1. The molecule has 0 heterocycles. The Balaban J connectivity index is 0.000000870. The summed E-state index contributed by atoms with van der Waals surface area (Å²) in [5.74, 6) is -2.27. The van der Waals surface area contributed by atoms with E-state index in [0.717, 1.165) is 31.0 Å². The van der Waals surface area contributed by atoms with Gasteiger partial charge in [-0.1, -0.05) is 24.2 Å². The molecule has 0 spiro atoms. The molecule has 0 aliphatic heterocycles. The maximum atomic E-state index is 11.6. The maximum absolute atomic E-state index is 11.6. The van der Waals surface area contributed by atoms with Crippen molar-refractivity contribution in [3.8, 4) is 5.75 Å². The van der Waals surface area contributed by atoms with Gasteiger partial charge < -0.3 is 31.0 Å². The maximum Gasteiger partial charge on any atom is 4.00 e. The van der Waals surface area contributed by atoms with E-state index in [1.807, 2.05) is 0 Å². The van der Waals surface area contributed by atoms with Gasteiger partial charge in [0.15, 0.2) is 0 Å². The van der Waals surface area contributed by atoms with Crippen molar-refractivity contribution >= 4 is 27.5 Å². The average molecular weight is 666 g/mol. The van der Waals surface area contributed by atoms with Gasteiger partial charge in [0.25, 0.3) is 0 Å². The van der Waals surface area contributed by atoms with Gasteiger partial charge in [0, 0.05) is 12.1 Å². The minimum atomic E-state index is -4.54. The molecule has 1 fully saturated rings. The van der Waals surface area contributed by atoms with Crippen molar-refractivity contribution in [1.82, 2.24) is 0 Å². The van der Waals surface area contributed by atoms with Crippen LogP contribution < -0.4 is 51.2 Å². The van der Waals surface area contributed by atoms with Crippen molar-refractivity contribution in [2.24, 2.45) is 21.7 Å². The summed E-state index contributed by atoms with van der Waals surface area (Å²) in [6.07, 6.45) is 4.80. The van der Waals surface area contributed by atoms with Crippen molar-refractivity contribution in [2.45, 2.75) is 49.6 Å². The molecule has 0 saturated heterocycles. The fraction of sp³-hybridized carbons (Fsp3) is 0.350. The van der Waals surface area contributed by atoms with E-state index in [1.54, 1.807) is 0 Å². The van der Waals surface area contributed by atoms with Crippen LogP contribution >= 0.6 is 0 Å². The molecule has 1 aliphatic rings. The zero-order valence-corrected chi connectivity index (χ0v) is 23.3. The van der Waals surface area contributed by atoms with E-state index in [1.165, 1.54) is 38.0 Å². The molecule has 3 rings (SSSR count). The fourth-order valence-electron chi connectivity index (χ4n) is 2.95. The number of aromatic carboxylic acids is 1. The standard InChI is InChI=1S/C14H12N2O6S.C6H14N2.Na.Pt/c1-8-6-10(7-12(13(8)17)14(18)19)16-15-9-2-4-11(5-3-9)23(20,21)22;7-5-3-1-2-4-6(5)8;;/h2-7,17H,1H3,(H,18,19)(H,20,21,22);5-6H,1-4,7-8H2;;/q;;+1;+4/p-3. The Morgan fingerprint density at radius 1 is 1.00 bits per heavy atom. The summed E-state index contributed by atoms with van der Waals surface area (Å²) >= 11 is 0. The van der Waals surface area contributed by atoms with E-state index < -0.39 is 32.3 Å². The predicted molar refractivity (Wildman–Crippen MR) is 108 cm³/mol. The van der Waals surface area contributed by atoms with Gasteiger partial charge in [0.1, 0.15) is 10.1 Å². The van der Waals surface area contributed by atoms with Crippen molar-refractivity contribution in [1.29, 1.82) is 0 Å². The van der Waals surface area contributed by atoms with Crippen LogP contribution in [0, 0.1) is 6.92 Å². The number of hydrogen-bond donors (Lipinski definition) is 2. The predicted octanol–water partition coefficient (Wildman–Crippen LogP) is -2.03. The summed E-state index contributed by atoms with van der Waals surface area (Å²) in [7, 11) is -4.54. The summed E-state index contributed by atoms with van der Waals surface area (Å²) < 4.78 is 32.4. The van der Waals surface area contributed by atoms with E-state index >= 15 is 0 Å². The van der Waals surface area contributed by atoms with Crippen LogP contribution in [0.4, 0.5) is 11.4 Å². The smallest absolute Gasteiger partial charge is 0.872 e. The number of carbonyl (C=O) groups is 1. The minimum Gasteiger partial charge on any atom is -0.872 e. The molecule has 2 atom stereocenters. The number of nitrogens with zero attached hydrogens (tertiary/aromatic N) is 2. The molecule has 174 valence electrons. The SMILES string of the molecule is Cc1cc(N=Nc2ccc(S(=O)(=O)[O-])cc2)cc(C(=O)[O-])c1[O-].NC1CCCCC1N.[Na+].[Pt+4]. The van der Waals surface area contributed by atoms with Crippen LogP contribution in [0.3, 0.4) is 0 Å². The van der Waals surface area contributed by atoms with Gasteiger partial charge in [0.2, 0.25) is 0 Å². The number of carboxylic acids is 1. The first kappa shape index (κ1) is 31.8. The Morgan fingerprint density at radius 3 is 1.91 bits per heavy atom. The third-order valence-electron chi connectivity index (χ3n) is 4.76. The van der Waals surface area contributed by atoms with Gasteiger partial charge in [0.05, 0.1) is 22.2 Å². The van der Waals surface area contributed by atoms with E-state index in [9.17, 15) is 28.0 Å². The molecular weight excluding hydrogens is 642 g/mol. The molecule has 2 aromatic rings. The molecule has 0 bridgehead atoms. The molecule has 1 aliphatic carbocycles. The number of nitrogens with two attached hydrogens (primary N) is 2. The second-order valence-corrected chi connectivity index (χ2v) is 8.57. The van der Waals surface area contributed by atoms with E-state index in [-0.39, 0.29) is 79.6 Å². The summed E-state index contributed by atoms with van der Waals surface area (Å²) in [4.78, 5) is 10.5. The largest absolute Gasteiger partial charge is 4.00 e. The van der Waals surface area contributed by atoms with Gasteiger partial charge in [-0.05, 0) is 61.7 Å². The molecule has 13 heteroatoms. The molecule has 4 N–H and O–H groups in total. The van der Waals surface area contributed by atoms with Gasteiger partial charge in [-0.2, -0.15) is 10.2 Å². The van der Waals surface area contributed by atoms with Crippen LogP contribution in [-0.2, 0) is 31.2 Å². The Labute approximate surface area is 229 Å². The minimum absolute atomic E-state index is 0. The number of benzene rings is 2. The molecule has 10 nitrogen and oxygen atoms in total. The first-order valence-corrected chi connectivity index (χ1v) is 10.9. The number of carbonyl (C=O) groups excluding carboxylic acids is 1. The van der Waals surface area contributed by atoms with E-state index in [2.05, 4.69) is 10.2 Å². The van der Waals surface area contributed by atoms with Crippen LogP contribution in [-0.4, -0.2) is 31.0 Å². The van der Waals surface area contributed by atoms with Crippen LogP contribution in [0.15, 0.2) is 51.5 Å². The number of rotatable bonds is 4. The van der Waals surface area contributed by atoms with Gasteiger partial charge in [-0.3, -0.25) is 0 Å². The van der Waals surface area contributed by atoms with Gasteiger partial charge >= 0.3 is 50.6 Å². The topological polar surface area (TPSA) is 197 Å². The molecule has 0 radical (unpaired) electrons. The fourth-order valence-corrected chi connectivity index (χ4v) is 3.42. The summed E-state index contributed by atoms with van der Waals surface area (Å²) in [5.41, 5.74) is 11.3. The van der Waals surface area contributed by atoms with Crippen LogP contribution in [0.5, 0.6) is 5.75 Å². The molecule has 2 unspecified atom stereocenters. The normalized spacial score (nSPS) is 17.8. The number of azo groups is 1. The first-order chi connectivity index (χ1) is 14.5. The van der Waals surface area contributed by atoms with Crippen molar-refractivity contribution < 1.29 is 78.6 Å². The van der Waals surface area contributed by atoms with Crippen LogP contribution in [0.2, 0.25) is 0 Å². The molecule has 1 saturated carbocycles. The Kier molecular flexibility index (Phi) is 13.8. The van der Waals surface area contributed by atoms with Gasteiger partial charge in [-0.15, -0.1) is 0 Å². The summed E-state index contributed by atoms with van der Waals surface area (Å²) in [6.45, 7) is 1.43. The molecule has 0 aromatic heterocycles. The van der Waals surface area contributed by atoms with Gasteiger partial charge in [-0.25, -0.2) is 8.42 Å². The summed E-state index contributed by atoms with van der Waals surface area (Å²) in [6, 6.07) is 7.64. The Morgan fingerprint density at radius 2 is 1.48 bits per heavy atom. The zero-order valence-electron chi connectivity index (χ0n) is 18.2. The molecule has 33 heavy (non-hydrogen) atoms. The van der Waals surface area contributed by atoms with Crippen molar-refractivity contribution in [3.05, 3.63) is 47.5 Å². The third-order valence-corrected chi connectivity index (χ3v) is 5.61. The van der Waals surface area contributed by atoms with E-state index in [0.29, 0.717) is 0 Å². The first-order valence-electron chi connectivity index (χ1n) is 9.51. The Bertz CT molecular complexity index is 1060. The molecule has 0 amide bonds. The summed E-state index contributed by atoms with van der Waals surface area (Å²) in [5, 5.41) is 30.0. The third kappa shape index (κ3) is 9.92. The van der Waals surface area contributed by atoms with Crippen LogP contribution in [0.25, 0.3) is 0 Å². The molecular formula is C20H23N4NaO6PtS+2. The Hall–Kier alpha value is -1.17. The van der Waals surface area contributed by atoms with E-state index in [4.69, 9.17) is 11.5 Å². The zero-order chi connectivity index (χ0) is 23.2. The molecule has 2 aromatic carbocycles. The number of aryl methyl sites for hydroxylation is 1. The average Bonchev–Trinajstić information content (AvgIpc) is 2.71. The second kappa shape index (κ2) is 14.3. The monoisotopic (exact) mass is 665 g/mol. The second-order valence-electron chi connectivity index (χ2n) is 7.19. The number of hydrogen-bond acceptors (Lipinski definition) is 10.